The molecule has 1 aromatic heterocycles. The molecule has 0 atom stereocenters. The number of hydrogen-bond acceptors (Lipinski definition) is 1. The quantitative estimate of drug-likeness (QED) is 0.0995. The second kappa shape index (κ2) is 21.3. The topological polar surface area (TPSA) is 12.9 Å². The molecule has 0 amide bonds. The molecule has 0 saturated carbocycles. The fraction of sp³-hybridized carbons (Fsp3) is 0.775. The van der Waals surface area contributed by atoms with E-state index in [1.54, 1.807) is 6.07 Å². The van der Waals surface area contributed by atoms with Gasteiger partial charge in [0.05, 0.1) is 11.9 Å². The Morgan fingerprint density at radius 3 is 1.50 bits per heavy atom. The summed E-state index contributed by atoms with van der Waals surface area (Å²) in [4.78, 5) is 4.69. The van der Waals surface area contributed by atoms with Crippen LogP contribution in [0.15, 0.2) is 30.0 Å². The van der Waals surface area contributed by atoms with Crippen LogP contribution in [-0.2, 0) is 6.42 Å². The van der Waals surface area contributed by atoms with Crippen molar-refractivity contribution in [3.05, 3.63) is 47.1 Å². The summed E-state index contributed by atoms with van der Waals surface area (Å²) in [5.41, 5.74) is 5.35. The van der Waals surface area contributed by atoms with Crippen molar-refractivity contribution in [2.75, 3.05) is 0 Å². The summed E-state index contributed by atoms with van der Waals surface area (Å²) in [5.74, 6) is -0.190. The Kier molecular flexibility index (Phi) is 17.8. The van der Waals surface area contributed by atoms with Crippen LogP contribution in [0.3, 0.4) is 0 Å². The Hall–Kier alpha value is -1.44. The monoisotopic (exact) mass is 580 g/mol. The Morgan fingerprint density at radius 1 is 0.619 bits per heavy atom. The zero-order chi connectivity index (χ0) is 29.7. The molecule has 2 aliphatic rings. The molecular formula is C40H66FN. The lowest BCUT2D eigenvalue weighted by molar-refractivity contribution is 0.309. The number of allylic oxidation sites excluding steroid dienone is 4. The van der Waals surface area contributed by atoms with Gasteiger partial charge in [-0.2, -0.15) is 0 Å². The van der Waals surface area contributed by atoms with Gasteiger partial charge < -0.3 is 0 Å². The fourth-order valence-corrected chi connectivity index (χ4v) is 7.74. The van der Waals surface area contributed by atoms with E-state index in [2.05, 4.69) is 26.0 Å². The van der Waals surface area contributed by atoms with Gasteiger partial charge >= 0.3 is 0 Å². The molecule has 238 valence electrons. The van der Waals surface area contributed by atoms with Crippen LogP contribution in [-0.4, -0.2) is 4.98 Å². The van der Waals surface area contributed by atoms with Gasteiger partial charge in [-0.05, 0) is 42.0 Å². The predicted molar refractivity (Wildman–Crippen MR) is 182 cm³/mol. The highest BCUT2D eigenvalue weighted by Gasteiger charge is 2.40. The summed E-state index contributed by atoms with van der Waals surface area (Å²) in [6.45, 7) is 4.60. The molecule has 1 heterocycles. The first-order valence-corrected chi connectivity index (χ1v) is 18.7. The molecule has 2 aliphatic carbocycles. The summed E-state index contributed by atoms with van der Waals surface area (Å²) < 4.78 is 14.1. The van der Waals surface area contributed by atoms with E-state index in [1.165, 1.54) is 184 Å². The molecule has 0 spiro atoms. The lowest BCUT2D eigenvalue weighted by atomic mass is 9.66. The molecule has 0 saturated heterocycles. The Balaban J connectivity index is 1.41. The third-order valence-corrected chi connectivity index (χ3v) is 10.2. The first-order valence-electron chi connectivity index (χ1n) is 18.7. The maximum Gasteiger partial charge on any atom is 0.141 e. The number of pyridine rings is 1. The largest absolute Gasteiger partial charge is 0.253 e. The highest BCUT2D eigenvalue weighted by atomic mass is 19.1. The van der Waals surface area contributed by atoms with E-state index < -0.39 is 0 Å². The van der Waals surface area contributed by atoms with E-state index >= 15 is 0 Å². The van der Waals surface area contributed by atoms with Crippen molar-refractivity contribution in [1.82, 2.24) is 4.98 Å². The minimum Gasteiger partial charge on any atom is -0.253 e. The average molecular weight is 580 g/mol. The van der Waals surface area contributed by atoms with E-state index in [0.29, 0.717) is 0 Å². The van der Waals surface area contributed by atoms with Gasteiger partial charge in [-0.15, -0.1) is 0 Å². The second-order valence-electron chi connectivity index (χ2n) is 13.9. The maximum absolute atomic E-state index is 14.1. The number of aromatic nitrogens is 1. The van der Waals surface area contributed by atoms with Crippen LogP contribution in [0.2, 0.25) is 0 Å². The van der Waals surface area contributed by atoms with E-state index in [9.17, 15) is 4.39 Å². The van der Waals surface area contributed by atoms with Crippen molar-refractivity contribution in [2.24, 2.45) is 5.41 Å². The highest BCUT2D eigenvalue weighted by molar-refractivity contribution is 5.81. The third-order valence-electron chi connectivity index (χ3n) is 10.2. The standard InChI is InChI=1S/C40H66FN/c1-3-5-7-9-11-13-15-17-19-21-23-25-29-40(30-26-24-22-20-18-16-14-12-10-8-6-4-2)31-27-28-35-32-36-33-37(41)34-42-39(36)38(35)40/h27-28,33-34H,3-26,29-32H2,1-2H3. The van der Waals surface area contributed by atoms with Crippen molar-refractivity contribution >= 4 is 5.57 Å². The molecule has 1 aromatic rings. The zero-order valence-corrected chi connectivity index (χ0v) is 27.9. The average Bonchev–Trinajstić information content (AvgIpc) is 3.37. The predicted octanol–water partition coefficient (Wildman–Crippen LogP) is 13.7. The van der Waals surface area contributed by atoms with E-state index in [1.807, 2.05) is 0 Å². The molecular weight excluding hydrogens is 513 g/mol. The summed E-state index contributed by atoms with van der Waals surface area (Å²) >= 11 is 0. The van der Waals surface area contributed by atoms with E-state index in [4.69, 9.17) is 4.98 Å². The number of unbranched alkanes of at least 4 members (excludes halogenated alkanes) is 22. The van der Waals surface area contributed by atoms with Crippen molar-refractivity contribution in [2.45, 2.75) is 194 Å². The molecule has 2 heteroatoms. The molecule has 3 rings (SSSR count). The Morgan fingerprint density at radius 2 is 1.05 bits per heavy atom. The summed E-state index contributed by atoms with van der Waals surface area (Å²) in [7, 11) is 0. The van der Waals surface area contributed by atoms with Crippen molar-refractivity contribution in [3.8, 4) is 0 Å². The first kappa shape index (κ1) is 35.0. The van der Waals surface area contributed by atoms with Crippen LogP contribution >= 0.6 is 0 Å². The summed E-state index contributed by atoms with van der Waals surface area (Å²) in [6, 6.07) is 1.74. The van der Waals surface area contributed by atoms with E-state index in [-0.39, 0.29) is 11.2 Å². The number of nitrogens with zero attached hydrogens (tertiary/aromatic N) is 1. The zero-order valence-electron chi connectivity index (χ0n) is 27.9. The van der Waals surface area contributed by atoms with Crippen LogP contribution < -0.4 is 0 Å². The van der Waals surface area contributed by atoms with E-state index in [0.717, 1.165) is 24.1 Å². The molecule has 0 bridgehead atoms. The molecule has 0 aromatic carbocycles. The second-order valence-corrected chi connectivity index (χ2v) is 13.9. The van der Waals surface area contributed by atoms with Crippen molar-refractivity contribution < 1.29 is 4.39 Å². The molecule has 0 N–H and O–H groups in total. The van der Waals surface area contributed by atoms with Gasteiger partial charge in [0.25, 0.3) is 0 Å². The number of rotatable bonds is 26. The molecule has 0 fully saturated rings. The van der Waals surface area contributed by atoms with Gasteiger partial charge in [0.1, 0.15) is 5.82 Å². The van der Waals surface area contributed by atoms with Crippen molar-refractivity contribution in [3.63, 3.8) is 0 Å². The smallest absolute Gasteiger partial charge is 0.141 e. The lowest BCUT2D eigenvalue weighted by Crippen LogP contribution is -2.25. The number of fused-ring (bicyclic) bond motifs is 2. The van der Waals surface area contributed by atoms with Crippen LogP contribution in [0.1, 0.15) is 198 Å². The number of halogens is 1. The van der Waals surface area contributed by atoms with Crippen LogP contribution in [0.4, 0.5) is 4.39 Å². The molecule has 42 heavy (non-hydrogen) atoms. The van der Waals surface area contributed by atoms with Gasteiger partial charge in [-0.3, -0.25) is 4.98 Å². The lowest BCUT2D eigenvalue weighted by Gasteiger charge is -2.38. The third kappa shape index (κ3) is 12.3. The van der Waals surface area contributed by atoms with Gasteiger partial charge in [0.2, 0.25) is 0 Å². The van der Waals surface area contributed by atoms with Gasteiger partial charge in [0, 0.05) is 11.8 Å². The highest BCUT2D eigenvalue weighted by Crippen LogP contribution is 2.54. The van der Waals surface area contributed by atoms with Gasteiger partial charge in [-0.25, -0.2) is 4.39 Å². The Bertz CT molecular complexity index is 884. The SMILES string of the molecule is CCCCCCCCCCCCCCC1(CCCCCCCCCCCCCC)CC=CC2=C1c1ncc(F)cc1C2. The van der Waals surface area contributed by atoms with Crippen molar-refractivity contribution in [1.29, 1.82) is 0 Å². The minimum absolute atomic E-state index is 0.190. The van der Waals surface area contributed by atoms with Crippen LogP contribution in [0.25, 0.3) is 5.57 Å². The molecule has 1 nitrogen and oxygen atoms in total. The minimum atomic E-state index is -0.190. The summed E-state index contributed by atoms with van der Waals surface area (Å²) in [6.07, 6.45) is 44.3. The molecule has 0 unspecified atom stereocenters. The normalized spacial score (nSPS) is 15.4. The maximum atomic E-state index is 14.1. The fourth-order valence-electron chi connectivity index (χ4n) is 7.74. The molecule has 0 aliphatic heterocycles. The van der Waals surface area contributed by atoms with Gasteiger partial charge in [-0.1, -0.05) is 180 Å². The van der Waals surface area contributed by atoms with Gasteiger partial charge in [0.15, 0.2) is 0 Å². The summed E-state index contributed by atoms with van der Waals surface area (Å²) in [5, 5.41) is 0. The molecule has 0 radical (unpaired) electrons. The van der Waals surface area contributed by atoms with Crippen LogP contribution in [0.5, 0.6) is 0 Å². The Labute approximate surface area is 260 Å². The number of hydrogen-bond donors (Lipinski definition) is 0. The first-order chi connectivity index (χ1) is 20.7. The van der Waals surface area contributed by atoms with Crippen LogP contribution in [0, 0.1) is 11.2 Å².